The van der Waals surface area contributed by atoms with Crippen LogP contribution in [0.25, 0.3) is 98.8 Å². The largest absolute Gasteiger partial charge is 0.455 e. The minimum absolute atomic E-state index is 0.115. The van der Waals surface area contributed by atoms with E-state index in [-0.39, 0.29) is 16.5 Å². The van der Waals surface area contributed by atoms with Crippen molar-refractivity contribution in [3.63, 3.8) is 0 Å². The molecule has 1 aromatic heterocycles. The van der Waals surface area contributed by atoms with Gasteiger partial charge in [0.1, 0.15) is 11.2 Å². The molecule has 228 valence electrons. The van der Waals surface area contributed by atoms with Gasteiger partial charge in [-0.1, -0.05) is 157 Å². The van der Waals surface area contributed by atoms with E-state index in [0.29, 0.717) is 11.2 Å². The summed E-state index contributed by atoms with van der Waals surface area (Å²) in [4.78, 5) is 0. The molecule has 1 heterocycles. The SMILES string of the molecule is [2H]c1c([2H])c([2H])c(-c2c3c([2H])c([2H])c([2H])c([2H])c3c(-c3c([2H])c([2H])c4c([2H])c(-c5ccc6c(c5)oc5c(-c7ccccc7)cccc56)c([2H])c([2H])c4c3[2H])c3c([2H])c([2H])c([2H])c([2H])c23)c([2H])c1[2H]. The van der Waals surface area contributed by atoms with Crippen LogP contribution < -0.4 is 0 Å². The molecule has 0 fully saturated rings. The summed E-state index contributed by atoms with van der Waals surface area (Å²) >= 11 is 0. The van der Waals surface area contributed by atoms with Gasteiger partial charge in [-0.25, -0.2) is 0 Å². The van der Waals surface area contributed by atoms with E-state index in [1.807, 2.05) is 48.5 Å². The van der Waals surface area contributed by atoms with Gasteiger partial charge in [0, 0.05) is 16.3 Å². The molecule has 1 nitrogen and oxygen atoms in total. The van der Waals surface area contributed by atoms with Gasteiger partial charge < -0.3 is 4.42 Å². The minimum atomic E-state index is -0.869. The number of furan rings is 1. The summed E-state index contributed by atoms with van der Waals surface area (Å²) in [5.41, 5.74) is 0.462. The summed E-state index contributed by atoms with van der Waals surface area (Å²) in [6.07, 6.45) is 0. The molecule has 0 bridgehead atoms. The average molecular weight is 642 g/mol. The van der Waals surface area contributed by atoms with E-state index in [9.17, 15) is 13.7 Å². The second-order valence-electron chi connectivity index (χ2n) is 11.4. The minimum Gasteiger partial charge on any atom is -0.455 e. The van der Waals surface area contributed by atoms with Gasteiger partial charge in [-0.3, -0.25) is 0 Å². The standard InChI is InChI=1S/C48H30O/c1-3-12-31(13-4-1)38-20-11-21-44-39-27-26-36(30-45(39)49-48(38)44)34-22-23-35-29-37(25-24-33(35)28-34)47-42-18-9-7-16-40(42)46(32-14-5-2-6-15-32)41-17-8-10-19-43(41)47/h1-30H/i2D,5D,6D,7D,8D,9D,10D,14D,15D,16D,17D,18D,19D,22D,23D,24D,25D,28D,29D. The quantitative estimate of drug-likeness (QED) is 0.174. The van der Waals surface area contributed by atoms with Crippen LogP contribution in [0.2, 0.25) is 0 Å². The van der Waals surface area contributed by atoms with Crippen LogP contribution in [0.4, 0.5) is 0 Å². The molecule has 0 radical (unpaired) electrons. The molecule has 10 aromatic rings. The maximum Gasteiger partial charge on any atom is 0.143 e. The van der Waals surface area contributed by atoms with E-state index in [0.717, 1.165) is 21.9 Å². The van der Waals surface area contributed by atoms with E-state index >= 15 is 0 Å². The van der Waals surface area contributed by atoms with Crippen molar-refractivity contribution in [2.24, 2.45) is 0 Å². The number of fused-ring (bicyclic) bond motifs is 6. The van der Waals surface area contributed by atoms with Gasteiger partial charge in [-0.2, -0.15) is 0 Å². The lowest BCUT2D eigenvalue weighted by atomic mass is 9.85. The van der Waals surface area contributed by atoms with Gasteiger partial charge in [-0.05, 0) is 95.5 Å². The molecule has 0 spiro atoms. The first kappa shape index (κ1) is 14.8. The number of rotatable bonds is 4. The topological polar surface area (TPSA) is 13.1 Å². The Balaban J connectivity index is 1.33. The van der Waals surface area contributed by atoms with Crippen molar-refractivity contribution in [1.29, 1.82) is 0 Å². The second kappa shape index (κ2) is 11.1. The maximum absolute atomic E-state index is 9.72. The molecule has 0 atom stereocenters. The van der Waals surface area contributed by atoms with E-state index < -0.39 is 164 Å². The molecule has 49 heavy (non-hydrogen) atoms. The smallest absolute Gasteiger partial charge is 0.143 e. The van der Waals surface area contributed by atoms with Gasteiger partial charge in [0.25, 0.3) is 0 Å². The number of hydrogen-bond donors (Lipinski definition) is 0. The summed E-state index contributed by atoms with van der Waals surface area (Å²) in [5, 5.41) is -1.64. The van der Waals surface area contributed by atoms with Crippen molar-refractivity contribution in [2.75, 3.05) is 0 Å². The lowest BCUT2D eigenvalue weighted by Gasteiger charge is -2.18. The van der Waals surface area contributed by atoms with Crippen LogP contribution in [0.15, 0.2) is 186 Å². The highest BCUT2D eigenvalue weighted by Gasteiger charge is 2.17. The maximum atomic E-state index is 9.72. The third-order valence-electron chi connectivity index (χ3n) is 8.62. The summed E-state index contributed by atoms with van der Waals surface area (Å²) in [6.45, 7) is 0. The highest BCUT2D eigenvalue weighted by Crippen LogP contribution is 2.44. The second-order valence-corrected chi connectivity index (χ2v) is 11.4. The zero-order valence-electron chi connectivity index (χ0n) is 44.3. The summed E-state index contributed by atoms with van der Waals surface area (Å²) in [7, 11) is 0. The fourth-order valence-electron chi connectivity index (χ4n) is 6.44. The zero-order chi connectivity index (χ0) is 48.8. The number of benzene rings is 9. The molecule has 0 aliphatic heterocycles. The Morgan fingerprint density at radius 3 is 1.69 bits per heavy atom. The predicted octanol–water partition coefficient (Wildman–Crippen LogP) is 13.7. The summed E-state index contributed by atoms with van der Waals surface area (Å²) in [6, 6.07) is 5.17. The van der Waals surface area contributed by atoms with Gasteiger partial charge >= 0.3 is 0 Å². The molecule has 9 aromatic carbocycles. The van der Waals surface area contributed by atoms with Crippen LogP contribution in [-0.2, 0) is 0 Å². The van der Waals surface area contributed by atoms with Gasteiger partial charge in [0.05, 0.1) is 26.0 Å². The first-order valence-electron chi connectivity index (χ1n) is 24.8. The Hall–Kier alpha value is -6.44. The van der Waals surface area contributed by atoms with Gasteiger partial charge in [-0.15, -0.1) is 0 Å². The van der Waals surface area contributed by atoms with Crippen molar-refractivity contribution in [2.45, 2.75) is 0 Å². The van der Waals surface area contributed by atoms with Crippen molar-refractivity contribution >= 4 is 54.3 Å². The van der Waals surface area contributed by atoms with Crippen molar-refractivity contribution in [3.8, 4) is 44.5 Å². The molecular formula is C48H30O. The first-order chi connectivity index (χ1) is 32.2. The van der Waals surface area contributed by atoms with Crippen LogP contribution in [0.3, 0.4) is 0 Å². The molecule has 0 saturated carbocycles. The molecule has 0 N–H and O–H groups in total. The van der Waals surface area contributed by atoms with E-state index in [4.69, 9.17) is 16.8 Å². The van der Waals surface area contributed by atoms with E-state index in [2.05, 4.69) is 0 Å². The first-order valence-corrected chi connectivity index (χ1v) is 15.3. The fraction of sp³-hybridized carbons (Fsp3) is 0. The normalized spacial score (nSPS) is 17.1. The van der Waals surface area contributed by atoms with Gasteiger partial charge in [0.2, 0.25) is 0 Å². The summed E-state index contributed by atoms with van der Waals surface area (Å²) < 4.78 is 178. The molecule has 1 heteroatoms. The Kier molecular flexibility index (Phi) is 3.34. The molecule has 0 saturated heterocycles. The highest BCUT2D eigenvalue weighted by atomic mass is 16.3. The third kappa shape index (κ3) is 4.47. The molecular weight excluding hydrogens is 593 g/mol. The van der Waals surface area contributed by atoms with Crippen LogP contribution in [0.1, 0.15) is 26.0 Å². The van der Waals surface area contributed by atoms with Crippen molar-refractivity contribution in [1.82, 2.24) is 0 Å². The fourth-order valence-corrected chi connectivity index (χ4v) is 6.44. The van der Waals surface area contributed by atoms with Crippen molar-refractivity contribution in [3.05, 3.63) is 182 Å². The Morgan fingerprint density at radius 2 is 1.00 bits per heavy atom. The molecule has 0 amide bonds. The highest BCUT2D eigenvalue weighted by molar-refractivity contribution is 6.21. The van der Waals surface area contributed by atoms with E-state index in [1.54, 1.807) is 18.2 Å². The Morgan fingerprint density at radius 1 is 0.388 bits per heavy atom. The predicted molar refractivity (Wildman–Crippen MR) is 208 cm³/mol. The van der Waals surface area contributed by atoms with Gasteiger partial charge in [0.15, 0.2) is 0 Å². The van der Waals surface area contributed by atoms with Crippen molar-refractivity contribution < 1.29 is 30.5 Å². The molecule has 10 rings (SSSR count). The van der Waals surface area contributed by atoms with Crippen LogP contribution in [0, 0.1) is 0 Å². The monoisotopic (exact) mass is 641 g/mol. The van der Waals surface area contributed by atoms with Crippen LogP contribution in [-0.4, -0.2) is 0 Å². The number of para-hydroxylation sites is 1. The van der Waals surface area contributed by atoms with Crippen LogP contribution in [0.5, 0.6) is 0 Å². The lowest BCUT2D eigenvalue weighted by molar-refractivity contribution is 0.670. The number of hydrogen-bond acceptors (Lipinski definition) is 1. The summed E-state index contributed by atoms with van der Waals surface area (Å²) in [5.74, 6) is 0. The third-order valence-corrected chi connectivity index (χ3v) is 8.62. The Bertz CT molecular complexity index is 3850. The van der Waals surface area contributed by atoms with E-state index in [1.165, 1.54) is 0 Å². The Labute approximate surface area is 311 Å². The molecule has 0 unspecified atom stereocenters. The molecule has 0 aliphatic rings. The zero-order valence-corrected chi connectivity index (χ0v) is 25.3. The lowest BCUT2D eigenvalue weighted by Crippen LogP contribution is -1.90. The van der Waals surface area contributed by atoms with Crippen LogP contribution >= 0.6 is 0 Å². The molecule has 0 aliphatic carbocycles. The average Bonchev–Trinajstić information content (AvgIpc) is 3.71.